The summed E-state index contributed by atoms with van der Waals surface area (Å²) in [5.41, 5.74) is 1.71. The Kier molecular flexibility index (Phi) is 8.71. The van der Waals surface area contributed by atoms with Gasteiger partial charge in [-0.1, -0.05) is 42.5 Å². The molecule has 7 heteroatoms. The summed E-state index contributed by atoms with van der Waals surface area (Å²) in [6, 6.07) is 20.3. The molecular weight excluding hydrogens is 418 g/mol. The zero-order valence-electron chi connectivity index (χ0n) is 18.8. The lowest BCUT2D eigenvalue weighted by Crippen LogP contribution is -2.44. The van der Waals surface area contributed by atoms with Crippen molar-refractivity contribution in [3.8, 4) is 5.75 Å². The van der Waals surface area contributed by atoms with Gasteiger partial charge in [0, 0.05) is 24.8 Å². The molecule has 0 fully saturated rings. The number of hydrogen-bond acceptors (Lipinski definition) is 4. The van der Waals surface area contributed by atoms with E-state index >= 15 is 0 Å². The monoisotopic (exact) mass is 447 g/mol. The zero-order chi connectivity index (χ0) is 23.5. The molecule has 0 atom stereocenters. The molecule has 0 saturated heterocycles. The number of furan rings is 1. The van der Waals surface area contributed by atoms with Crippen LogP contribution in [0.3, 0.4) is 0 Å². The van der Waals surface area contributed by atoms with E-state index in [1.807, 2.05) is 36.4 Å². The SMILES string of the molecule is C=CCN(CC(=O)N(CCc1ccccc1)Cc1ccco1)C(=O)Nc1cccc(OC)c1. The van der Waals surface area contributed by atoms with Gasteiger partial charge in [0.15, 0.2) is 0 Å². The van der Waals surface area contributed by atoms with Gasteiger partial charge in [-0.3, -0.25) is 4.79 Å². The van der Waals surface area contributed by atoms with E-state index in [2.05, 4.69) is 11.9 Å². The van der Waals surface area contributed by atoms with E-state index in [0.29, 0.717) is 36.7 Å². The summed E-state index contributed by atoms with van der Waals surface area (Å²) in [6.45, 7) is 4.70. The fourth-order valence-corrected chi connectivity index (χ4v) is 3.33. The maximum absolute atomic E-state index is 13.2. The summed E-state index contributed by atoms with van der Waals surface area (Å²) in [6.07, 6.45) is 3.88. The number of rotatable bonds is 11. The van der Waals surface area contributed by atoms with E-state index in [1.54, 1.807) is 54.7 Å². The van der Waals surface area contributed by atoms with Crippen molar-refractivity contribution in [2.75, 3.05) is 32.1 Å². The highest BCUT2D eigenvalue weighted by Gasteiger charge is 2.22. The Morgan fingerprint density at radius 1 is 1.06 bits per heavy atom. The lowest BCUT2D eigenvalue weighted by atomic mass is 10.1. The minimum Gasteiger partial charge on any atom is -0.497 e. The maximum Gasteiger partial charge on any atom is 0.322 e. The molecule has 33 heavy (non-hydrogen) atoms. The first-order valence-electron chi connectivity index (χ1n) is 10.7. The predicted octanol–water partition coefficient (Wildman–Crippen LogP) is 4.58. The minimum atomic E-state index is -0.391. The van der Waals surface area contributed by atoms with Gasteiger partial charge in [-0.25, -0.2) is 4.79 Å². The number of methoxy groups -OCH3 is 1. The van der Waals surface area contributed by atoms with E-state index in [0.717, 1.165) is 5.56 Å². The lowest BCUT2D eigenvalue weighted by Gasteiger charge is -2.27. The van der Waals surface area contributed by atoms with Gasteiger partial charge >= 0.3 is 6.03 Å². The molecule has 0 aliphatic heterocycles. The van der Waals surface area contributed by atoms with Crippen molar-refractivity contribution in [3.63, 3.8) is 0 Å². The molecule has 0 spiro atoms. The number of carbonyl (C=O) groups excluding carboxylic acids is 2. The van der Waals surface area contributed by atoms with Crippen LogP contribution in [0.4, 0.5) is 10.5 Å². The Bertz CT molecular complexity index is 1030. The zero-order valence-corrected chi connectivity index (χ0v) is 18.8. The summed E-state index contributed by atoms with van der Waals surface area (Å²) in [4.78, 5) is 29.3. The van der Waals surface area contributed by atoms with Crippen molar-refractivity contribution in [2.24, 2.45) is 0 Å². The number of benzene rings is 2. The highest BCUT2D eigenvalue weighted by atomic mass is 16.5. The van der Waals surface area contributed by atoms with Gasteiger partial charge in [0.2, 0.25) is 5.91 Å². The summed E-state index contributed by atoms with van der Waals surface area (Å²) in [5.74, 6) is 1.14. The third kappa shape index (κ3) is 7.28. The molecule has 3 amide bonds. The molecule has 0 radical (unpaired) electrons. The Balaban J connectivity index is 1.69. The molecule has 0 saturated carbocycles. The van der Waals surface area contributed by atoms with Crippen LogP contribution in [0.5, 0.6) is 5.75 Å². The highest BCUT2D eigenvalue weighted by Crippen LogP contribution is 2.17. The lowest BCUT2D eigenvalue weighted by molar-refractivity contribution is -0.132. The molecule has 0 aliphatic carbocycles. The molecule has 3 rings (SSSR count). The summed E-state index contributed by atoms with van der Waals surface area (Å²) in [5, 5.41) is 2.82. The number of anilines is 1. The molecule has 0 aliphatic rings. The van der Waals surface area contributed by atoms with Gasteiger partial charge in [-0.2, -0.15) is 0 Å². The molecule has 172 valence electrons. The standard InChI is InChI=1S/C26H29N3O4/c1-3-15-29(26(31)27-22-11-7-12-23(18-22)32-2)20-25(30)28(19-24-13-8-17-33-24)16-14-21-9-5-4-6-10-21/h3-13,17-18H,1,14-16,19-20H2,2H3,(H,27,31). The second kappa shape index (κ2) is 12.1. The molecule has 1 heterocycles. The Hall–Kier alpha value is -4.00. The molecule has 0 bridgehead atoms. The number of amides is 3. The van der Waals surface area contributed by atoms with Gasteiger partial charge in [0.25, 0.3) is 0 Å². The molecule has 2 aromatic carbocycles. The van der Waals surface area contributed by atoms with Crippen molar-refractivity contribution in [2.45, 2.75) is 13.0 Å². The summed E-state index contributed by atoms with van der Waals surface area (Å²) < 4.78 is 10.7. The minimum absolute atomic E-state index is 0.0860. The van der Waals surface area contributed by atoms with Crippen molar-refractivity contribution in [1.29, 1.82) is 0 Å². The molecule has 1 N–H and O–H groups in total. The number of carbonyl (C=O) groups is 2. The first-order valence-corrected chi connectivity index (χ1v) is 10.7. The van der Waals surface area contributed by atoms with Crippen molar-refractivity contribution in [3.05, 3.63) is 97.0 Å². The van der Waals surface area contributed by atoms with E-state index < -0.39 is 6.03 Å². The van der Waals surface area contributed by atoms with Gasteiger partial charge < -0.3 is 24.3 Å². The smallest absolute Gasteiger partial charge is 0.322 e. The largest absolute Gasteiger partial charge is 0.497 e. The van der Waals surface area contributed by atoms with E-state index in [9.17, 15) is 9.59 Å². The highest BCUT2D eigenvalue weighted by molar-refractivity contribution is 5.92. The van der Waals surface area contributed by atoms with Crippen LogP contribution >= 0.6 is 0 Å². The fraction of sp³-hybridized carbons (Fsp3) is 0.231. The van der Waals surface area contributed by atoms with Crippen LogP contribution in [-0.4, -0.2) is 48.5 Å². The number of urea groups is 1. The Labute approximate surface area is 194 Å². The molecule has 7 nitrogen and oxygen atoms in total. The van der Waals surface area contributed by atoms with Crippen LogP contribution in [0, 0.1) is 0 Å². The van der Waals surface area contributed by atoms with Crippen LogP contribution in [0.1, 0.15) is 11.3 Å². The van der Waals surface area contributed by atoms with E-state index in [-0.39, 0.29) is 19.0 Å². The normalized spacial score (nSPS) is 10.3. The second-order valence-corrected chi connectivity index (χ2v) is 7.46. The number of nitrogens with one attached hydrogen (secondary N) is 1. The van der Waals surface area contributed by atoms with E-state index in [4.69, 9.17) is 9.15 Å². The van der Waals surface area contributed by atoms with Crippen molar-refractivity contribution in [1.82, 2.24) is 9.80 Å². The summed E-state index contributed by atoms with van der Waals surface area (Å²) in [7, 11) is 1.56. The van der Waals surface area contributed by atoms with Crippen LogP contribution in [0.15, 0.2) is 90.1 Å². The third-order valence-electron chi connectivity index (χ3n) is 5.08. The van der Waals surface area contributed by atoms with Crippen LogP contribution in [0.25, 0.3) is 0 Å². The first kappa shape index (κ1) is 23.7. The van der Waals surface area contributed by atoms with Gasteiger partial charge in [0.05, 0.1) is 19.9 Å². The Morgan fingerprint density at radius 3 is 2.58 bits per heavy atom. The summed E-state index contributed by atoms with van der Waals surface area (Å²) >= 11 is 0. The quantitative estimate of drug-likeness (QED) is 0.437. The average molecular weight is 448 g/mol. The van der Waals surface area contributed by atoms with Crippen LogP contribution in [0.2, 0.25) is 0 Å². The van der Waals surface area contributed by atoms with Gasteiger partial charge in [-0.05, 0) is 36.2 Å². The number of ether oxygens (including phenoxy) is 1. The third-order valence-corrected chi connectivity index (χ3v) is 5.08. The van der Waals surface area contributed by atoms with Crippen LogP contribution < -0.4 is 10.1 Å². The van der Waals surface area contributed by atoms with Crippen molar-refractivity contribution < 1.29 is 18.7 Å². The molecule has 1 aromatic heterocycles. The molecule has 0 unspecified atom stereocenters. The maximum atomic E-state index is 13.2. The fourth-order valence-electron chi connectivity index (χ4n) is 3.33. The van der Waals surface area contributed by atoms with Gasteiger partial charge in [0.1, 0.15) is 18.1 Å². The number of hydrogen-bond donors (Lipinski definition) is 1. The number of nitrogens with zero attached hydrogens (tertiary/aromatic N) is 2. The van der Waals surface area contributed by atoms with Gasteiger partial charge in [-0.15, -0.1) is 6.58 Å². The predicted molar refractivity (Wildman–Crippen MR) is 128 cm³/mol. The molecule has 3 aromatic rings. The molecular formula is C26H29N3O4. The van der Waals surface area contributed by atoms with E-state index in [1.165, 1.54) is 4.90 Å². The second-order valence-electron chi connectivity index (χ2n) is 7.46. The van der Waals surface area contributed by atoms with Crippen LogP contribution in [-0.2, 0) is 17.8 Å². The Morgan fingerprint density at radius 2 is 1.88 bits per heavy atom. The first-order chi connectivity index (χ1) is 16.1. The topological polar surface area (TPSA) is 75.0 Å². The van der Waals surface area contributed by atoms with Crippen molar-refractivity contribution >= 4 is 17.6 Å². The average Bonchev–Trinajstić information content (AvgIpc) is 3.35.